The number of nitrogen functional groups attached to an aromatic ring is 1. The van der Waals surface area contributed by atoms with Gasteiger partial charge in [0, 0.05) is 6.54 Å². The van der Waals surface area contributed by atoms with Crippen LogP contribution in [0.15, 0.2) is 36.5 Å². The van der Waals surface area contributed by atoms with Crippen LogP contribution in [0.5, 0.6) is 0 Å². The van der Waals surface area contributed by atoms with Gasteiger partial charge in [-0.15, -0.1) is 0 Å². The predicted octanol–water partition coefficient (Wildman–Crippen LogP) is 3.68. The predicted molar refractivity (Wildman–Crippen MR) is 102 cm³/mol. The van der Waals surface area contributed by atoms with Crippen molar-refractivity contribution in [2.75, 3.05) is 17.6 Å². The molecular weight excluding hydrogens is 385 g/mol. The number of aromatic nitrogens is 1. The molecule has 0 unspecified atom stereocenters. The maximum atomic E-state index is 12.8. The second-order valence-corrected chi connectivity index (χ2v) is 7.01. The van der Waals surface area contributed by atoms with Gasteiger partial charge in [-0.1, -0.05) is 12.1 Å². The van der Waals surface area contributed by atoms with Crippen molar-refractivity contribution in [1.82, 2.24) is 9.88 Å². The number of anilines is 2. The first kappa shape index (κ1) is 20.6. The lowest BCUT2D eigenvalue weighted by molar-refractivity contribution is -0.145. The number of nitrogens with one attached hydrogen (secondary N) is 1. The van der Waals surface area contributed by atoms with Crippen LogP contribution < -0.4 is 11.1 Å². The van der Waals surface area contributed by atoms with E-state index in [-0.39, 0.29) is 0 Å². The molecule has 0 radical (unpaired) electrons. The van der Waals surface area contributed by atoms with Crippen LogP contribution in [0.4, 0.5) is 24.7 Å². The van der Waals surface area contributed by atoms with Gasteiger partial charge in [-0.3, -0.25) is 9.59 Å². The molecule has 1 fully saturated rings. The van der Waals surface area contributed by atoms with Crippen molar-refractivity contribution >= 4 is 23.3 Å². The number of piperidine rings is 1. The molecule has 0 saturated carbocycles. The molecule has 154 valence electrons. The van der Waals surface area contributed by atoms with Gasteiger partial charge < -0.3 is 16.0 Å². The molecule has 3 rings (SSSR count). The number of hydrogen-bond acceptors (Lipinski definition) is 4. The number of alkyl halides is 3. The van der Waals surface area contributed by atoms with Crippen LogP contribution in [-0.4, -0.2) is 28.2 Å². The summed E-state index contributed by atoms with van der Waals surface area (Å²) < 4.78 is 38.4. The Hall–Kier alpha value is -3.10. The summed E-state index contributed by atoms with van der Waals surface area (Å²) in [6, 6.07) is 5.88. The van der Waals surface area contributed by atoms with Crippen molar-refractivity contribution in [3.05, 3.63) is 53.2 Å². The Morgan fingerprint density at radius 3 is 2.52 bits per heavy atom. The van der Waals surface area contributed by atoms with Crippen molar-refractivity contribution in [2.45, 2.75) is 38.4 Å². The standard InChI is InChI=1S/C20H21F3N4O2/c1-12-10-15(11-25-17(12)24)26-18(28)19(29)27-9-3-2-4-16(27)13-5-7-14(8-6-13)20(21,22)23/h5-8,10-11,16H,2-4,9H2,1H3,(H2,24,25)(H,26,28)/t16-/m0/s1. The largest absolute Gasteiger partial charge is 0.416 e. The third-order valence-electron chi connectivity index (χ3n) is 4.96. The van der Waals surface area contributed by atoms with Crippen LogP contribution in [0.25, 0.3) is 0 Å². The number of aryl methyl sites for hydroxylation is 1. The summed E-state index contributed by atoms with van der Waals surface area (Å²) >= 11 is 0. The lowest BCUT2D eigenvalue weighted by atomic mass is 9.94. The molecule has 1 aliphatic heterocycles. The number of halogens is 3. The van der Waals surface area contributed by atoms with E-state index in [0.29, 0.717) is 35.6 Å². The van der Waals surface area contributed by atoms with Gasteiger partial charge in [0.25, 0.3) is 0 Å². The summed E-state index contributed by atoms with van der Waals surface area (Å²) in [6.45, 7) is 2.09. The summed E-state index contributed by atoms with van der Waals surface area (Å²) in [5.74, 6) is -1.23. The molecule has 1 atom stereocenters. The van der Waals surface area contributed by atoms with Crippen LogP contribution in [0, 0.1) is 6.92 Å². The van der Waals surface area contributed by atoms with E-state index in [4.69, 9.17) is 5.73 Å². The Bertz CT molecular complexity index is 913. The van der Waals surface area contributed by atoms with E-state index in [9.17, 15) is 22.8 Å². The fourth-order valence-electron chi connectivity index (χ4n) is 3.38. The summed E-state index contributed by atoms with van der Waals surface area (Å²) in [7, 11) is 0. The first-order valence-corrected chi connectivity index (χ1v) is 9.18. The lowest BCUT2D eigenvalue weighted by Crippen LogP contribution is -2.44. The molecule has 2 aromatic rings. The molecule has 1 aromatic heterocycles. The van der Waals surface area contributed by atoms with Crippen molar-refractivity contribution in [3.8, 4) is 0 Å². The average molecular weight is 406 g/mol. The number of pyridine rings is 1. The molecular formula is C20H21F3N4O2. The Morgan fingerprint density at radius 1 is 1.21 bits per heavy atom. The molecule has 29 heavy (non-hydrogen) atoms. The summed E-state index contributed by atoms with van der Waals surface area (Å²) in [5, 5.41) is 2.51. The zero-order chi connectivity index (χ0) is 21.2. The van der Waals surface area contributed by atoms with Gasteiger partial charge in [0.15, 0.2) is 0 Å². The summed E-state index contributed by atoms with van der Waals surface area (Å²) in [6.07, 6.45) is -0.952. The van der Waals surface area contributed by atoms with E-state index < -0.39 is 29.6 Å². The first-order valence-electron chi connectivity index (χ1n) is 9.18. The number of carbonyl (C=O) groups is 2. The zero-order valence-electron chi connectivity index (χ0n) is 15.8. The quantitative estimate of drug-likeness (QED) is 0.745. The number of nitrogens with zero attached hydrogens (tertiary/aromatic N) is 2. The van der Waals surface area contributed by atoms with Crippen LogP contribution in [0.2, 0.25) is 0 Å². The van der Waals surface area contributed by atoms with Crippen molar-refractivity contribution in [3.63, 3.8) is 0 Å². The maximum Gasteiger partial charge on any atom is 0.416 e. The Balaban J connectivity index is 1.76. The van der Waals surface area contributed by atoms with Crippen LogP contribution in [-0.2, 0) is 15.8 Å². The van der Waals surface area contributed by atoms with E-state index in [1.54, 1.807) is 13.0 Å². The highest BCUT2D eigenvalue weighted by Crippen LogP contribution is 2.34. The van der Waals surface area contributed by atoms with Gasteiger partial charge in [-0.05, 0) is 55.5 Å². The van der Waals surface area contributed by atoms with Gasteiger partial charge in [0.2, 0.25) is 0 Å². The molecule has 0 aliphatic carbocycles. The normalized spacial score (nSPS) is 17.1. The second kappa shape index (κ2) is 8.10. The molecule has 1 aromatic carbocycles. The number of carbonyl (C=O) groups excluding carboxylic acids is 2. The van der Waals surface area contributed by atoms with E-state index >= 15 is 0 Å². The lowest BCUT2D eigenvalue weighted by Gasteiger charge is -2.35. The van der Waals surface area contributed by atoms with E-state index in [1.165, 1.54) is 23.2 Å². The number of benzene rings is 1. The highest BCUT2D eigenvalue weighted by atomic mass is 19.4. The number of likely N-dealkylation sites (tertiary alicyclic amines) is 1. The molecule has 3 N–H and O–H groups in total. The first-order chi connectivity index (χ1) is 13.7. The molecule has 1 aliphatic rings. The molecule has 0 bridgehead atoms. The Morgan fingerprint density at radius 2 is 1.90 bits per heavy atom. The summed E-state index contributed by atoms with van der Waals surface area (Å²) in [5.41, 5.74) is 6.48. The maximum absolute atomic E-state index is 12.8. The molecule has 0 spiro atoms. The van der Waals surface area contributed by atoms with E-state index in [0.717, 1.165) is 25.0 Å². The third kappa shape index (κ3) is 4.67. The Kier molecular flexibility index (Phi) is 5.76. The third-order valence-corrected chi connectivity index (χ3v) is 4.96. The topological polar surface area (TPSA) is 88.3 Å². The molecule has 6 nitrogen and oxygen atoms in total. The molecule has 2 heterocycles. The number of amides is 2. The highest BCUT2D eigenvalue weighted by molar-refractivity contribution is 6.39. The molecule has 9 heteroatoms. The van der Waals surface area contributed by atoms with Crippen LogP contribution in [0.1, 0.15) is 42.0 Å². The summed E-state index contributed by atoms with van der Waals surface area (Å²) in [4.78, 5) is 30.6. The monoisotopic (exact) mass is 406 g/mol. The minimum absolute atomic E-state index is 0.327. The second-order valence-electron chi connectivity index (χ2n) is 7.01. The van der Waals surface area contributed by atoms with Gasteiger partial charge in [0.05, 0.1) is 23.5 Å². The van der Waals surface area contributed by atoms with E-state index in [1.807, 2.05) is 0 Å². The average Bonchev–Trinajstić information content (AvgIpc) is 2.69. The van der Waals surface area contributed by atoms with Crippen LogP contribution >= 0.6 is 0 Å². The van der Waals surface area contributed by atoms with Crippen molar-refractivity contribution in [2.24, 2.45) is 0 Å². The minimum Gasteiger partial charge on any atom is -0.383 e. The zero-order valence-corrected chi connectivity index (χ0v) is 15.8. The molecule has 1 saturated heterocycles. The van der Waals surface area contributed by atoms with Gasteiger partial charge in [-0.2, -0.15) is 13.2 Å². The smallest absolute Gasteiger partial charge is 0.383 e. The fourth-order valence-corrected chi connectivity index (χ4v) is 3.38. The fraction of sp³-hybridized carbons (Fsp3) is 0.350. The number of rotatable bonds is 2. The Labute approximate surface area is 165 Å². The number of hydrogen-bond donors (Lipinski definition) is 2. The number of nitrogens with two attached hydrogens (primary N) is 1. The van der Waals surface area contributed by atoms with Crippen LogP contribution in [0.3, 0.4) is 0 Å². The minimum atomic E-state index is -4.42. The highest BCUT2D eigenvalue weighted by Gasteiger charge is 2.33. The molecule has 2 amide bonds. The van der Waals surface area contributed by atoms with Gasteiger partial charge in [-0.25, -0.2) is 4.98 Å². The van der Waals surface area contributed by atoms with Crippen molar-refractivity contribution < 1.29 is 22.8 Å². The SMILES string of the molecule is Cc1cc(NC(=O)C(=O)N2CCCC[C@H]2c2ccc(C(F)(F)F)cc2)cnc1N. The van der Waals surface area contributed by atoms with E-state index in [2.05, 4.69) is 10.3 Å². The van der Waals surface area contributed by atoms with Crippen molar-refractivity contribution in [1.29, 1.82) is 0 Å². The van der Waals surface area contributed by atoms with Gasteiger partial charge >= 0.3 is 18.0 Å². The van der Waals surface area contributed by atoms with Gasteiger partial charge in [0.1, 0.15) is 5.82 Å².